The van der Waals surface area contributed by atoms with Crippen LogP contribution in [0.25, 0.3) is 82.5 Å². The van der Waals surface area contributed by atoms with E-state index in [4.69, 9.17) is 0 Å². The monoisotopic (exact) mass is 558 g/mol. The van der Waals surface area contributed by atoms with E-state index in [1.807, 2.05) is 0 Å². The average molecular weight is 559 g/mol. The molecule has 0 spiro atoms. The van der Waals surface area contributed by atoms with E-state index in [1.165, 1.54) is 87.6 Å². The lowest BCUT2D eigenvalue weighted by Gasteiger charge is -2.21. The van der Waals surface area contributed by atoms with Gasteiger partial charge in [0, 0.05) is 0 Å². The standard InChI is InChI=1S/C44H30/c1-2-12-32-27-33(26-23-29(32)11-1)30-21-24-31(25-22-30)43-38-17-7-9-19-40(38)44(41-20-10-8-18-39(41)43)42-28-34-13-3-4-14-35(34)36-15-5-6-16-37(36)42/h1-3,5-13,15-28H,4,14H2. The maximum Gasteiger partial charge on any atom is -0.00199 e. The lowest BCUT2D eigenvalue weighted by Crippen LogP contribution is -1.98. The van der Waals surface area contributed by atoms with Crippen molar-refractivity contribution >= 4 is 49.2 Å². The minimum absolute atomic E-state index is 1.10. The molecule has 8 aromatic rings. The number of allylic oxidation sites excluding steroid dienone is 1. The highest BCUT2D eigenvalue weighted by molar-refractivity contribution is 6.24. The second-order valence-corrected chi connectivity index (χ2v) is 12.0. The van der Waals surface area contributed by atoms with Gasteiger partial charge < -0.3 is 0 Å². The molecule has 44 heavy (non-hydrogen) atoms. The first-order valence-corrected chi connectivity index (χ1v) is 15.6. The van der Waals surface area contributed by atoms with Crippen LogP contribution in [0.15, 0.2) is 152 Å². The van der Waals surface area contributed by atoms with Crippen LogP contribution in [0, 0.1) is 0 Å². The molecule has 0 bridgehead atoms. The largest absolute Gasteiger partial charge is 0.0836 e. The summed E-state index contributed by atoms with van der Waals surface area (Å²) < 4.78 is 0. The van der Waals surface area contributed by atoms with Gasteiger partial charge in [-0.1, -0.05) is 146 Å². The maximum atomic E-state index is 2.44. The normalized spacial score (nSPS) is 12.7. The molecule has 0 aromatic heterocycles. The van der Waals surface area contributed by atoms with Crippen molar-refractivity contribution in [1.82, 2.24) is 0 Å². The molecular formula is C44H30. The Kier molecular flexibility index (Phi) is 5.74. The fourth-order valence-corrected chi connectivity index (χ4v) is 7.46. The Morgan fingerprint density at radius 3 is 1.64 bits per heavy atom. The summed E-state index contributed by atoms with van der Waals surface area (Å²) in [6, 6.07) is 53.9. The van der Waals surface area contributed by atoms with Crippen molar-refractivity contribution in [2.75, 3.05) is 0 Å². The van der Waals surface area contributed by atoms with Gasteiger partial charge in [-0.2, -0.15) is 0 Å². The first-order chi connectivity index (χ1) is 21.8. The Morgan fingerprint density at radius 1 is 0.386 bits per heavy atom. The van der Waals surface area contributed by atoms with Gasteiger partial charge in [0.2, 0.25) is 0 Å². The van der Waals surface area contributed by atoms with Crippen molar-refractivity contribution < 1.29 is 0 Å². The lowest BCUT2D eigenvalue weighted by molar-refractivity contribution is 0.997. The topological polar surface area (TPSA) is 0 Å². The van der Waals surface area contributed by atoms with E-state index in [9.17, 15) is 0 Å². The smallest absolute Gasteiger partial charge is 0.00199 e. The third-order valence-electron chi connectivity index (χ3n) is 9.51. The highest BCUT2D eigenvalue weighted by Crippen LogP contribution is 2.46. The zero-order valence-corrected chi connectivity index (χ0v) is 24.4. The molecule has 8 aromatic carbocycles. The summed E-state index contributed by atoms with van der Waals surface area (Å²) in [6.45, 7) is 0. The zero-order chi connectivity index (χ0) is 29.0. The summed E-state index contributed by atoms with van der Waals surface area (Å²) in [5.74, 6) is 0. The minimum Gasteiger partial charge on any atom is -0.0836 e. The first kappa shape index (κ1) is 25.1. The van der Waals surface area contributed by atoms with Crippen LogP contribution >= 0.6 is 0 Å². The van der Waals surface area contributed by atoms with Gasteiger partial charge in [-0.15, -0.1) is 0 Å². The molecule has 0 fully saturated rings. The fourth-order valence-electron chi connectivity index (χ4n) is 7.46. The molecule has 0 heterocycles. The second kappa shape index (κ2) is 10.1. The van der Waals surface area contributed by atoms with Gasteiger partial charge in [-0.3, -0.25) is 0 Å². The molecule has 1 aliphatic carbocycles. The third-order valence-corrected chi connectivity index (χ3v) is 9.51. The molecule has 0 atom stereocenters. The summed E-state index contributed by atoms with van der Waals surface area (Å²) >= 11 is 0. The third kappa shape index (κ3) is 3.92. The highest BCUT2D eigenvalue weighted by atomic mass is 14.2. The van der Waals surface area contributed by atoms with Gasteiger partial charge in [0.15, 0.2) is 0 Å². The molecular weight excluding hydrogens is 528 g/mol. The molecule has 0 radical (unpaired) electrons. The van der Waals surface area contributed by atoms with Crippen LogP contribution in [0.2, 0.25) is 0 Å². The molecule has 0 nitrogen and oxygen atoms in total. The first-order valence-electron chi connectivity index (χ1n) is 15.6. The van der Waals surface area contributed by atoms with Gasteiger partial charge in [0.05, 0.1) is 0 Å². The van der Waals surface area contributed by atoms with Crippen LogP contribution in [-0.4, -0.2) is 0 Å². The number of rotatable bonds is 3. The van der Waals surface area contributed by atoms with Gasteiger partial charge >= 0.3 is 0 Å². The molecule has 0 N–H and O–H groups in total. The van der Waals surface area contributed by atoms with Crippen LogP contribution in [-0.2, 0) is 6.42 Å². The number of aryl methyl sites for hydroxylation is 1. The number of benzene rings is 8. The average Bonchev–Trinajstić information content (AvgIpc) is 3.10. The van der Waals surface area contributed by atoms with Crippen LogP contribution < -0.4 is 0 Å². The SMILES string of the molecule is C1=Cc2cc(-c3c4ccccc4c(-c4ccc(-c5ccc6ccccc6c5)cc4)c4ccccc34)c3ccccc3c2CC1. The lowest BCUT2D eigenvalue weighted by atomic mass is 9.82. The van der Waals surface area contributed by atoms with Gasteiger partial charge in [-0.05, 0) is 113 Å². The molecule has 0 saturated heterocycles. The van der Waals surface area contributed by atoms with Crippen LogP contribution in [0.1, 0.15) is 17.5 Å². The Hall–Kier alpha value is -5.46. The van der Waals surface area contributed by atoms with Crippen molar-refractivity contribution in [2.45, 2.75) is 12.8 Å². The number of fused-ring (bicyclic) bond motifs is 6. The van der Waals surface area contributed by atoms with E-state index in [0.29, 0.717) is 0 Å². The summed E-state index contributed by atoms with van der Waals surface area (Å²) in [7, 11) is 0. The van der Waals surface area contributed by atoms with E-state index < -0.39 is 0 Å². The molecule has 1 aliphatic rings. The molecule has 0 saturated carbocycles. The molecule has 0 aliphatic heterocycles. The van der Waals surface area contributed by atoms with Crippen molar-refractivity contribution in [2.24, 2.45) is 0 Å². The summed E-state index contributed by atoms with van der Waals surface area (Å²) in [6.07, 6.45) is 6.85. The van der Waals surface area contributed by atoms with Gasteiger partial charge in [-0.25, -0.2) is 0 Å². The van der Waals surface area contributed by atoms with Crippen molar-refractivity contribution in [1.29, 1.82) is 0 Å². The Labute approximate surface area is 257 Å². The predicted molar refractivity (Wildman–Crippen MR) is 190 cm³/mol. The number of hydrogen-bond donors (Lipinski definition) is 0. The van der Waals surface area contributed by atoms with Gasteiger partial charge in [0.1, 0.15) is 0 Å². The fraction of sp³-hybridized carbons (Fsp3) is 0.0455. The van der Waals surface area contributed by atoms with Crippen molar-refractivity contribution in [3.63, 3.8) is 0 Å². The Balaban J connectivity index is 1.29. The molecule has 9 rings (SSSR count). The minimum atomic E-state index is 1.10. The summed E-state index contributed by atoms with van der Waals surface area (Å²) in [5, 5.41) is 10.4. The maximum absolute atomic E-state index is 2.44. The Morgan fingerprint density at radius 2 is 0.932 bits per heavy atom. The van der Waals surface area contributed by atoms with E-state index in [0.717, 1.165) is 12.8 Å². The highest BCUT2D eigenvalue weighted by Gasteiger charge is 2.20. The number of hydrogen-bond acceptors (Lipinski definition) is 0. The van der Waals surface area contributed by atoms with E-state index in [2.05, 4.69) is 158 Å². The van der Waals surface area contributed by atoms with Crippen molar-refractivity contribution in [3.8, 4) is 33.4 Å². The second-order valence-electron chi connectivity index (χ2n) is 12.0. The molecule has 0 heteroatoms. The molecule has 206 valence electrons. The summed E-state index contributed by atoms with van der Waals surface area (Å²) in [4.78, 5) is 0. The predicted octanol–water partition coefficient (Wildman–Crippen LogP) is 12.3. The van der Waals surface area contributed by atoms with E-state index >= 15 is 0 Å². The van der Waals surface area contributed by atoms with E-state index in [1.54, 1.807) is 0 Å². The Bertz CT molecular complexity index is 2360. The van der Waals surface area contributed by atoms with Crippen LogP contribution in [0.4, 0.5) is 0 Å². The van der Waals surface area contributed by atoms with Crippen LogP contribution in [0.5, 0.6) is 0 Å². The molecule has 0 amide bonds. The van der Waals surface area contributed by atoms with Crippen LogP contribution in [0.3, 0.4) is 0 Å². The molecule has 0 unspecified atom stereocenters. The van der Waals surface area contributed by atoms with E-state index in [-0.39, 0.29) is 0 Å². The summed E-state index contributed by atoms with van der Waals surface area (Å²) in [5.41, 5.74) is 10.5. The van der Waals surface area contributed by atoms with Gasteiger partial charge in [0.25, 0.3) is 0 Å². The van der Waals surface area contributed by atoms with Crippen molar-refractivity contribution in [3.05, 3.63) is 163 Å². The zero-order valence-electron chi connectivity index (χ0n) is 24.4. The quantitative estimate of drug-likeness (QED) is 0.189.